The van der Waals surface area contributed by atoms with Crippen molar-refractivity contribution in [3.05, 3.63) is 77.4 Å². The van der Waals surface area contributed by atoms with Crippen LogP contribution >= 0.6 is 0 Å². The zero-order chi connectivity index (χ0) is 21.6. The molecule has 0 radical (unpaired) electrons. The van der Waals surface area contributed by atoms with Crippen molar-refractivity contribution in [1.82, 2.24) is 10.1 Å². The van der Waals surface area contributed by atoms with E-state index in [4.69, 9.17) is 14.0 Å². The average molecular weight is 424 g/mol. The van der Waals surface area contributed by atoms with Gasteiger partial charge in [-0.05, 0) is 54.8 Å². The number of likely N-dealkylation sites (tertiary alicyclic amines) is 1. The van der Waals surface area contributed by atoms with Gasteiger partial charge in [-0.15, -0.1) is 0 Å². The summed E-state index contributed by atoms with van der Waals surface area (Å²) >= 11 is 0. The van der Waals surface area contributed by atoms with Crippen molar-refractivity contribution in [2.45, 2.75) is 19.3 Å². The second kappa shape index (κ2) is 9.64. The maximum Gasteiger partial charge on any atom is 0.292 e. The number of methoxy groups -OCH3 is 1. The number of hydrogen-bond acceptors (Lipinski definition) is 5. The first-order chi connectivity index (χ1) is 15.1. The van der Waals surface area contributed by atoms with Gasteiger partial charge >= 0.3 is 0 Å². The molecule has 0 bridgehead atoms. The van der Waals surface area contributed by atoms with E-state index in [1.165, 1.54) is 12.1 Å². The Morgan fingerprint density at radius 1 is 1.19 bits per heavy atom. The van der Waals surface area contributed by atoms with Crippen molar-refractivity contribution >= 4 is 5.91 Å². The maximum absolute atomic E-state index is 13.4. The van der Waals surface area contributed by atoms with E-state index < -0.39 is 0 Å². The molecule has 4 rings (SSSR count). The van der Waals surface area contributed by atoms with Crippen LogP contribution in [0.2, 0.25) is 0 Å². The van der Waals surface area contributed by atoms with Crippen LogP contribution < -0.4 is 9.47 Å². The summed E-state index contributed by atoms with van der Waals surface area (Å²) in [7, 11) is 1.63. The van der Waals surface area contributed by atoms with Crippen molar-refractivity contribution in [2.24, 2.45) is 5.92 Å². The summed E-state index contributed by atoms with van der Waals surface area (Å²) in [6, 6.07) is 15.4. The van der Waals surface area contributed by atoms with E-state index in [2.05, 4.69) is 5.16 Å². The molecule has 0 saturated carbocycles. The Bertz CT molecular complexity index is 1020. The summed E-state index contributed by atoms with van der Waals surface area (Å²) in [6.07, 6.45) is 2.32. The van der Waals surface area contributed by atoms with Crippen LogP contribution in [0.3, 0.4) is 0 Å². The molecule has 0 N–H and O–H groups in total. The second-order valence-electron chi connectivity index (χ2n) is 7.74. The molecular weight excluding hydrogens is 399 g/mol. The van der Waals surface area contributed by atoms with Crippen LogP contribution in [-0.4, -0.2) is 42.8 Å². The highest BCUT2D eigenvalue weighted by molar-refractivity contribution is 5.91. The molecule has 2 aromatic carbocycles. The molecule has 31 heavy (non-hydrogen) atoms. The van der Waals surface area contributed by atoms with Gasteiger partial charge in [0.25, 0.3) is 5.91 Å². The first-order valence-electron chi connectivity index (χ1n) is 10.4. The Hall–Kier alpha value is -3.35. The molecule has 3 aromatic rings. The highest BCUT2D eigenvalue weighted by Gasteiger charge is 2.27. The predicted molar refractivity (Wildman–Crippen MR) is 113 cm³/mol. The molecule has 0 aliphatic carbocycles. The van der Waals surface area contributed by atoms with E-state index in [0.717, 1.165) is 29.9 Å². The summed E-state index contributed by atoms with van der Waals surface area (Å²) in [5, 5.41) is 3.99. The third-order valence-electron chi connectivity index (χ3n) is 5.40. The number of rotatable bonds is 7. The van der Waals surface area contributed by atoms with E-state index in [9.17, 15) is 9.18 Å². The Kier molecular flexibility index (Phi) is 6.50. The minimum absolute atomic E-state index is 0.174. The van der Waals surface area contributed by atoms with Gasteiger partial charge in [0.05, 0.1) is 19.4 Å². The fraction of sp³-hybridized carbons (Fsp3) is 0.333. The quantitative estimate of drug-likeness (QED) is 0.564. The number of ether oxygens (including phenoxy) is 2. The maximum atomic E-state index is 13.4. The monoisotopic (exact) mass is 424 g/mol. The van der Waals surface area contributed by atoms with E-state index in [-0.39, 0.29) is 23.4 Å². The van der Waals surface area contributed by atoms with Crippen LogP contribution in [0.4, 0.5) is 4.39 Å². The number of hydrogen-bond donors (Lipinski definition) is 0. The van der Waals surface area contributed by atoms with Crippen molar-refractivity contribution in [1.29, 1.82) is 0 Å². The lowest BCUT2D eigenvalue weighted by molar-refractivity contribution is 0.0593. The van der Waals surface area contributed by atoms with Gasteiger partial charge in [0.15, 0.2) is 0 Å². The van der Waals surface area contributed by atoms with Gasteiger partial charge in [-0.1, -0.05) is 17.3 Å². The molecule has 1 aliphatic rings. The van der Waals surface area contributed by atoms with E-state index in [1.807, 2.05) is 30.3 Å². The van der Waals surface area contributed by atoms with Crippen LogP contribution in [0.25, 0.3) is 0 Å². The zero-order valence-electron chi connectivity index (χ0n) is 17.4. The van der Waals surface area contributed by atoms with E-state index in [0.29, 0.717) is 31.8 Å². The summed E-state index contributed by atoms with van der Waals surface area (Å²) in [6.45, 7) is 1.82. The Labute approximate surface area is 180 Å². The summed E-state index contributed by atoms with van der Waals surface area (Å²) in [5.41, 5.74) is 1.38. The van der Waals surface area contributed by atoms with E-state index in [1.54, 1.807) is 24.1 Å². The molecule has 1 aromatic heterocycles. The second-order valence-corrected chi connectivity index (χ2v) is 7.74. The summed E-state index contributed by atoms with van der Waals surface area (Å²) < 4.78 is 29.7. The Balaban J connectivity index is 1.32. The first kappa shape index (κ1) is 20.9. The minimum atomic E-state index is -0.298. The lowest BCUT2D eigenvalue weighted by atomic mass is 9.98. The van der Waals surface area contributed by atoms with Gasteiger partial charge in [-0.3, -0.25) is 4.79 Å². The molecule has 1 atom stereocenters. The molecule has 0 spiro atoms. The molecule has 6 nitrogen and oxygen atoms in total. The third kappa shape index (κ3) is 5.42. The normalized spacial score (nSPS) is 16.2. The SMILES string of the molecule is COc1ccc(OC[C@H]2CCCN(C(=O)c3cc(Cc4cccc(F)c4)no3)C2)cc1. The number of carbonyl (C=O) groups excluding carboxylic acids is 1. The smallest absolute Gasteiger partial charge is 0.292 e. The Morgan fingerprint density at radius 2 is 2.00 bits per heavy atom. The molecule has 1 aliphatic heterocycles. The lowest BCUT2D eigenvalue weighted by Gasteiger charge is -2.32. The fourth-order valence-electron chi connectivity index (χ4n) is 3.78. The molecule has 1 fully saturated rings. The molecule has 7 heteroatoms. The molecule has 2 heterocycles. The molecule has 1 saturated heterocycles. The number of benzene rings is 2. The van der Waals surface area contributed by atoms with Gasteiger partial charge in [0, 0.05) is 31.5 Å². The number of aromatic nitrogens is 1. The number of piperidine rings is 1. The molecule has 162 valence electrons. The van der Waals surface area contributed by atoms with Gasteiger partial charge < -0.3 is 18.9 Å². The van der Waals surface area contributed by atoms with Gasteiger partial charge in [0.2, 0.25) is 5.76 Å². The number of amides is 1. The molecular formula is C24H25FN2O4. The number of nitrogens with zero attached hydrogens (tertiary/aromatic N) is 2. The molecule has 1 amide bonds. The highest BCUT2D eigenvalue weighted by Crippen LogP contribution is 2.22. The van der Waals surface area contributed by atoms with Crippen LogP contribution in [0.5, 0.6) is 11.5 Å². The standard InChI is InChI=1S/C24H25FN2O4/c1-29-21-7-9-22(10-8-21)30-16-18-5-3-11-27(15-18)24(28)23-14-20(26-31-23)13-17-4-2-6-19(25)12-17/h2,4,6-10,12,14,18H,3,5,11,13,15-16H2,1H3/t18-/m0/s1. The fourth-order valence-corrected chi connectivity index (χ4v) is 3.78. The third-order valence-corrected chi connectivity index (χ3v) is 5.40. The Morgan fingerprint density at radius 3 is 2.77 bits per heavy atom. The summed E-state index contributed by atoms with van der Waals surface area (Å²) in [4.78, 5) is 14.7. The lowest BCUT2D eigenvalue weighted by Crippen LogP contribution is -2.41. The van der Waals surface area contributed by atoms with Crippen LogP contribution in [-0.2, 0) is 6.42 Å². The van der Waals surface area contributed by atoms with Crippen LogP contribution in [0.15, 0.2) is 59.1 Å². The van der Waals surface area contributed by atoms with E-state index >= 15 is 0 Å². The van der Waals surface area contributed by atoms with Gasteiger partial charge in [-0.25, -0.2) is 4.39 Å². The van der Waals surface area contributed by atoms with Crippen LogP contribution in [0.1, 0.15) is 34.7 Å². The van der Waals surface area contributed by atoms with Crippen LogP contribution in [0, 0.1) is 11.7 Å². The molecule has 0 unspecified atom stereocenters. The summed E-state index contributed by atoms with van der Waals surface area (Å²) in [5.74, 6) is 1.55. The van der Waals surface area contributed by atoms with Gasteiger partial charge in [0.1, 0.15) is 17.3 Å². The minimum Gasteiger partial charge on any atom is -0.497 e. The van der Waals surface area contributed by atoms with Crippen molar-refractivity contribution < 1.29 is 23.2 Å². The first-order valence-corrected chi connectivity index (χ1v) is 10.4. The zero-order valence-corrected chi connectivity index (χ0v) is 17.4. The number of halogens is 1. The van der Waals surface area contributed by atoms with Crippen molar-refractivity contribution in [3.63, 3.8) is 0 Å². The average Bonchev–Trinajstić information content (AvgIpc) is 3.26. The topological polar surface area (TPSA) is 64.8 Å². The van der Waals surface area contributed by atoms with Crippen molar-refractivity contribution in [2.75, 3.05) is 26.8 Å². The number of carbonyl (C=O) groups is 1. The largest absolute Gasteiger partial charge is 0.497 e. The highest BCUT2D eigenvalue weighted by atomic mass is 19.1. The van der Waals surface area contributed by atoms with Crippen molar-refractivity contribution in [3.8, 4) is 11.5 Å². The predicted octanol–water partition coefficient (Wildman–Crippen LogP) is 4.34. The van der Waals surface area contributed by atoms with Gasteiger partial charge in [-0.2, -0.15) is 0 Å².